The second kappa shape index (κ2) is 4.73. The first-order valence-corrected chi connectivity index (χ1v) is 4.12. The molecule has 0 aliphatic carbocycles. The van der Waals surface area contributed by atoms with E-state index in [-0.39, 0.29) is 5.56 Å². The summed E-state index contributed by atoms with van der Waals surface area (Å²) in [5.74, 6) is -2.57. The van der Waals surface area contributed by atoms with E-state index in [1.54, 1.807) is 0 Å². The Morgan fingerprint density at radius 3 is 2.44 bits per heavy atom. The van der Waals surface area contributed by atoms with E-state index < -0.39 is 30.5 Å². The highest BCUT2D eigenvalue weighted by Gasteiger charge is 2.19. The third-order valence-electron chi connectivity index (χ3n) is 1.71. The van der Waals surface area contributed by atoms with E-state index >= 15 is 0 Å². The predicted molar refractivity (Wildman–Crippen MR) is 51.9 cm³/mol. The third kappa shape index (κ3) is 2.56. The van der Waals surface area contributed by atoms with Crippen LogP contribution in [0.15, 0.2) is 12.1 Å². The first kappa shape index (κ1) is 12.1. The van der Waals surface area contributed by atoms with Gasteiger partial charge in [-0.1, -0.05) is 0 Å². The normalized spacial score (nSPS) is 9.69. The average molecular weight is 228 g/mol. The van der Waals surface area contributed by atoms with Crippen LogP contribution >= 0.6 is 0 Å². The van der Waals surface area contributed by atoms with Crippen LogP contribution in [0.2, 0.25) is 0 Å². The molecule has 1 aromatic carbocycles. The second-order valence-electron chi connectivity index (χ2n) is 2.78. The fraction of sp³-hybridized carbons (Fsp3) is 0.125. The molecule has 0 bridgehead atoms. The smallest absolute Gasteiger partial charge is 0.509 e. The highest BCUT2D eigenvalue weighted by molar-refractivity contribution is 6.33. The molecule has 0 unspecified atom stereocenters. The fourth-order valence-electron chi connectivity index (χ4n) is 1.03. The molecule has 1 aromatic rings. The zero-order chi connectivity index (χ0) is 12.3. The molecular weight excluding hydrogens is 219 g/mol. The number of methoxy groups -OCH3 is 1. The van der Waals surface area contributed by atoms with Crippen molar-refractivity contribution in [2.45, 2.75) is 0 Å². The van der Waals surface area contributed by atoms with Gasteiger partial charge in [-0.3, -0.25) is 0 Å². The van der Waals surface area contributed by atoms with Gasteiger partial charge in [-0.25, -0.2) is 4.79 Å². The summed E-state index contributed by atoms with van der Waals surface area (Å²) in [5, 5.41) is 35.6. The average Bonchev–Trinajstić information content (AvgIpc) is 2.22. The molecule has 0 radical (unpaired) electrons. The van der Waals surface area contributed by atoms with Crippen LogP contribution in [0.4, 0.5) is 0 Å². The fourth-order valence-corrected chi connectivity index (χ4v) is 1.03. The molecular formula is C8H9BO7. The summed E-state index contributed by atoms with van der Waals surface area (Å²) in [6, 6.07) is 1.96. The highest BCUT2D eigenvalue weighted by Crippen LogP contribution is 2.36. The number of aromatic hydroxyl groups is 2. The van der Waals surface area contributed by atoms with Gasteiger partial charge in [0, 0.05) is 0 Å². The molecule has 0 heterocycles. The van der Waals surface area contributed by atoms with Crippen molar-refractivity contribution < 1.29 is 34.4 Å². The second-order valence-corrected chi connectivity index (χ2v) is 2.78. The van der Waals surface area contributed by atoms with E-state index in [1.165, 1.54) is 0 Å². The van der Waals surface area contributed by atoms with Gasteiger partial charge < -0.3 is 29.7 Å². The summed E-state index contributed by atoms with van der Waals surface area (Å²) in [4.78, 5) is 11.1. The first-order valence-electron chi connectivity index (χ1n) is 4.12. The summed E-state index contributed by atoms with van der Waals surface area (Å²) in [6.45, 7) is 0. The number of carbonyl (C=O) groups is 1. The number of hydrogen-bond donors (Lipinski definition) is 4. The molecule has 0 saturated heterocycles. The molecule has 86 valence electrons. The maximum Gasteiger partial charge on any atom is 0.707 e. The zero-order valence-electron chi connectivity index (χ0n) is 8.25. The summed E-state index contributed by atoms with van der Waals surface area (Å²) in [6.07, 6.45) is 0. The van der Waals surface area contributed by atoms with Crippen molar-refractivity contribution in [3.8, 4) is 17.2 Å². The highest BCUT2D eigenvalue weighted by atomic mass is 16.6. The molecule has 0 spiro atoms. The van der Waals surface area contributed by atoms with Crippen molar-refractivity contribution in [3.05, 3.63) is 17.7 Å². The molecule has 7 nitrogen and oxygen atoms in total. The largest absolute Gasteiger partial charge is 0.707 e. The Morgan fingerprint density at radius 2 is 1.94 bits per heavy atom. The van der Waals surface area contributed by atoms with E-state index in [9.17, 15) is 15.0 Å². The van der Waals surface area contributed by atoms with E-state index in [2.05, 4.69) is 9.39 Å². The minimum Gasteiger partial charge on any atom is -0.509 e. The van der Waals surface area contributed by atoms with Gasteiger partial charge in [0.25, 0.3) is 0 Å². The number of ether oxygens (including phenoxy) is 1. The lowest BCUT2D eigenvalue weighted by molar-refractivity contribution is 0.0599. The Morgan fingerprint density at radius 1 is 1.31 bits per heavy atom. The third-order valence-corrected chi connectivity index (χ3v) is 1.71. The maximum absolute atomic E-state index is 11.1. The number of hydrogen-bond acceptors (Lipinski definition) is 7. The monoisotopic (exact) mass is 228 g/mol. The number of esters is 1. The lowest BCUT2D eigenvalue weighted by atomic mass is 10.1. The predicted octanol–water partition coefficient (Wildman–Crippen LogP) is -0.767. The van der Waals surface area contributed by atoms with Crippen LogP contribution < -0.4 is 4.65 Å². The molecule has 0 amide bonds. The van der Waals surface area contributed by atoms with Crippen molar-refractivity contribution >= 4 is 13.3 Å². The topological polar surface area (TPSA) is 116 Å². The molecule has 0 aliphatic heterocycles. The quantitative estimate of drug-likeness (QED) is 0.305. The lowest BCUT2D eigenvalue weighted by Crippen LogP contribution is -2.20. The van der Waals surface area contributed by atoms with E-state index in [4.69, 9.17) is 10.0 Å². The van der Waals surface area contributed by atoms with E-state index in [0.29, 0.717) is 0 Å². The molecule has 8 heteroatoms. The van der Waals surface area contributed by atoms with E-state index in [0.717, 1.165) is 19.2 Å². The van der Waals surface area contributed by atoms with Gasteiger partial charge in [-0.2, -0.15) is 0 Å². The molecule has 0 atom stereocenters. The number of phenolic OH excluding ortho intramolecular Hbond substituents is 2. The van der Waals surface area contributed by atoms with Crippen LogP contribution in [0, 0.1) is 0 Å². The van der Waals surface area contributed by atoms with Gasteiger partial charge in [-0.15, -0.1) is 0 Å². The summed E-state index contributed by atoms with van der Waals surface area (Å²) >= 11 is 0. The van der Waals surface area contributed by atoms with Crippen LogP contribution in [0.5, 0.6) is 17.2 Å². The standard InChI is InChI=1S/C8H9BO7/c1-15-8(12)4-2-5(10)7(11)6(3-4)16-9(13)14/h2-3,10-11,13-14H,1H3. The summed E-state index contributed by atoms with van der Waals surface area (Å²) < 4.78 is 8.73. The van der Waals surface area contributed by atoms with Crippen molar-refractivity contribution in [2.75, 3.05) is 7.11 Å². The first-order chi connectivity index (χ1) is 7.45. The Kier molecular flexibility index (Phi) is 3.59. The Labute approximate surface area is 90.7 Å². The minimum absolute atomic E-state index is 0.103. The van der Waals surface area contributed by atoms with Crippen LogP contribution in [0.25, 0.3) is 0 Å². The molecule has 16 heavy (non-hydrogen) atoms. The van der Waals surface area contributed by atoms with Crippen LogP contribution in [0.3, 0.4) is 0 Å². The molecule has 4 N–H and O–H groups in total. The van der Waals surface area contributed by atoms with Crippen molar-refractivity contribution in [1.82, 2.24) is 0 Å². The SMILES string of the molecule is COC(=O)c1cc(O)c(O)c(OB(O)O)c1. The van der Waals surface area contributed by atoms with Crippen LogP contribution in [-0.4, -0.2) is 40.7 Å². The van der Waals surface area contributed by atoms with Gasteiger partial charge in [0.1, 0.15) is 5.75 Å². The van der Waals surface area contributed by atoms with Gasteiger partial charge in [-0.05, 0) is 12.1 Å². The molecule has 0 saturated carbocycles. The molecule has 0 aliphatic rings. The zero-order valence-corrected chi connectivity index (χ0v) is 8.25. The minimum atomic E-state index is -2.18. The van der Waals surface area contributed by atoms with Gasteiger partial charge in [0.2, 0.25) is 0 Å². The number of rotatable bonds is 3. The van der Waals surface area contributed by atoms with Crippen LogP contribution in [-0.2, 0) is 4.74 Å². The molecule has 0 aromatic heterocycles. The van der Waals surface area contributed by atoms with Gasteiger partial charge in [0.05, 0.1) is 12.7 Å². The number of benzene rings is 1. The van der Waals surface area contributed by atoms with Gasteiger partial charge >= 0.3 is 13.3 Å². The molecule has 1 rings (SSSR count). The Bertz CT molecular complexity index is 404. The molecule has 0 fully saturated rings. The number of carbonyl (C=O) groups excluding carboxylic acids is 1. The lowest BCUT2D eigenvalue weighted by Gasteiger charge is -2.09. The maximum atomic E-state index is 11.1. The summed E-state index contributed by atoms with van der Waals surface area (Å²) in [5.41, 5.74) is -0.103. The van der Waals surface area contributed by atoms with E-state index in [1.807, 2.05) is 0 Å². The van der Waals surface area contributed by atoms with Crippen molar-refractivity contribution in [1.29, 1.82) is 0 Å². The number of phenols is 2. The van der Waals surface area contributed by atoms with Crippen molar-refractivity contribution in [2.24, 2.45) is 0 Å². The van der Waals surface area contributed by atoms with Crippen molar-refractivity contribution in [3.63, 3.8) is 0 Å². The summed E-state index contributed by atoms with van der Waals surface area (Å²) in [7, 11) is -1.05. The Balaban J connectivity index is 3.16. The van der Waals surface area contributed by atoms with Crippen LogP contribution in [0.1, 0.15) is 10.4 Å². The Hall–Kier alpha value is -1.93. The van der Waals surface area contributed by atoms with Gasteiger partial charge in [0.15, 0.2) is 11.5 Å².